The second-order valence-corrected chi connectivity index (χ2v) is 9.51. The number of ether oxygens (including phenoxy) is 1. The first-order valence-electron chi connectivity index (χ1n) is 9.67. The molecule has 2 aromatic carbocycles. The zero-order valence-corrected chi connectivity index (χ0v) is 19.1. The molecule has 160 valence electrons. The summed E-state index contributed by atoms with van der Waals surface area (Å²) in [6.45, 7) is 1.24. The van der Waals surface area contributed by atoms with Crippen molar-refractivity contribution in [2.24, 2.45) is 4.40 Å². The predicted molar refractivity (Wildman–Crippen MR) is 120 cm³/mol. The lowest BCUT2D eigenvalue weighted by atomic mass is 10.2. The van der Waals surface area contributed by atoms with Gasteiger partial charge in [0.25, 0.3) is 10.0 Å². The third kappa shape index (κ3) is 6.30. The average molecular weight is 494 g/mol. The van der Waals surface area contributed by atoms with Crippen molar-refractivity contribution in [2.45, 2.75) is 30.6 Å². The van der Waals surface area contributed by atoms with Gasteiger partial charge in [0.1, 0.15) is 11.6 Å². The summed E-state index contributed by atoms with van der Waals surface area (Å²) >= 11 is 3.38. The van der Waals surface area contributed by atoms with E-state index >= 15 is 0 Å². The second kappa shape index (κ2) is 10.1. The summed E-state index contributed by atoms with van der Waals surface area (Å²) in [5.41, 5.74) is 0.539. The molecule has 7 nitrogen and oxygen atoms in total. The molecular formula is C21H24BrN3O4S. The predicted octanol–water partition coefficient (Wildman–Crippen LogP) is 4.06. The highest BCUT2D eigenvalue weighted by Crippen LogP contribution is 2.20. The molecule has 1 heterocycles. The number of anilines is 1. The van der Waals surface area contributed by atoms with Crippen LogP contribution in [0.4, 0.5) is 5.69 Å². The van der Waals surface area contributed by atoms with Gasteiger partial charge in [-0.2, -0.15) is 8.42 Å². The zero-order valence-electron chi connectivity index (χ0n) is 16.7. The van der Waals surface area contributed by atoms with Crippen molar-refractivity contribution in [1.29, 1.82) is 0 Å². The Labute approximate surface area is 185 Å². The van der Waals surface area contributed by atoms with Crippen LogP contribution in [-0.4, -0.2) is 45.3 Å². The fraction of sp³-hybridized carbons (Fsp3) is 0.333. The van der Waals surface area contributed by atoms with Crippen LogP contribution < -0.4 is 10.1 Å². The van der Waals surface area contributed by atoms with Crippen LogP contribution in [0.25, 0.3) is 0 Å². The fourth-order valence-electron chi connectivity index (χ4n) is 3.01. The van der Waals surface area contributed by atoms with Gasteiger partial charge in [-0.05, 0) is 55.3 Å². The largest absolute Gasteiger partial charge is 0.494 e. The van der Waals surface area contributed by atoms with Crippen LogP contribution in [0.1, 0.15) is 25.7 Å². The number of amidine groups is 1. The van der Waals surface area contributed by atoms with E-state index in [1.54, 1.807) is 12.1 Å². The summed E-state index contributed by atoms with van der Waals surface area (Å²) in [4.78, 5) is 14.1. The van der Waals surface area contributed by atoms with E-state index < -0.39 is 10.0 Å². The molecule has 0 radical (unpaired) electrons. The highest BCUT2D eigenvalue weighted by atomic mass is 79.9. The Balaban J connectivity index is 1.48. The minimum atomic E-state index is -3.76. The van der Waals surface area contributed by atoms with E-state index in [9.17, 15) is 13.2 Å². The van der Waals surface area contributed by atoms with Crippen LogP contribution in [0, 0.1) is 0 Å². The highest BCUT2D eigenvalue weighted by Gasteiger charge is 2.20. The first kappa shape index (κ1) is 22.3. The highest BCUT2D eigenvalue weighted by molar-refractivity contribution is 9.10. The SMILES string of the molecule is CN1CCC/C1=N\S(=O)(=O)c1ccc(NC(=O)CCCOc2cccc(Br)c2)cc1. The minimum Gasteiger partial charge on any atom is -0.494 e. The maximum absolute atomic E-state index is 12.5. The van der Waals surface area contributed by atoms with Crippen LogP contribution in [0.15, 0.2) is 62.3 Å². The summed E-state index contributed by atoms with van der Waals surface area (Å²) in [5, 5.41) is 2.77. The summed E-state index contributed by atoms with van der Waals surface area (Å²) < 4.78 is 35.4. The van der Waals surface area contributed by atoms with Crippen molar-refractivity contribution in [3.8, 4) is 5.75 Å². The van der Waals surface area contributed by atoms with Gasteiger partial charge in [-0.3, -0.25) is 4.79 Å². The number of sulfonamides is 1. The number of nitrogens with one attached hydrogen (secondary N) is 1. The number of benzene rings is 2. The van der Waals surface area contributed by atoms with E-state index in [1.165, 1.54) is 12.1 Å². The average Bonchev–Trinajstić information content (AvgIpc) is 3.10. The van der Waals surface area contributed by atoms with Gasteiger partial charge < -0.3 is 15.0 Å². The van der Waals surface area contributed by atoms with E-state index in [0.717, 1.165) is 23.2 Å². The van der Waals surface area contributed by atoms with Gasteiger partial charge in [0.15, 0.2) is 0 Å². The van der Waals surface area contributed by atoms with Crippen molar-refractivity contribution < 1.29 is 17.9 Å². The maximum Gasteiger partial charge on any atom is 0.283 e. The molecule has 3 rings (SSSR count). The first-order chi connectivity index (χ1) is 14.3. The first-order valence-corrected chi connectivity index (χ1v) is 11.9. The Bertz CT molecular complexity index is 1020. The maximum atomic E-state index is 12.5. The standard InChI is InChI=1S/C21H24BrN3O4S/c1-25-13-3-7-20(25)24-30(27,28)19-11-9-17(10-12-19)23-21(26)8-4-14-29-18-6-2-5-16(22)15-18/h2,5-6,9-12,15H,3-4,7-8,13-14H2,1H3,(H,23,26)/b24-20+. The number of carbonyl (C=O) groups excluding carboxylic acids is 1. The smallest absolute Gasteiger partial charge is 0.283 e. The number of amides is 1. The van der Waals surface area contributed by atoms with E-state index in [1.807, 2.05) is 36.2 Å². The molecule has 0 bridgehead atoms. The van der Waals surface area contributed by atoms with E-state index in [0.29, 0.717) is 37.4 Å². The number of nitrogens with zero attached hydrogens (tertiary/aromatic N) is 2. The molecule has 0 aliphatic carbocycles. The topological polar surface area (TPSA) is 88.1 Å². The molecule has 1 aliphatic heterocycles. The number of carbonyl (C=O) groups is 1. The summed E-state index contributed by atoms with van der Waals surface area (Å²) in [6, 6.07) is 13.6. The molecular weight excluding hydrogens is 470 g/mol. The van der Waals surface area contributed by atoms with Gasteiger partial charge in [-0.25, -0.2) is 0 Å². The third-order valence-electron chi connectivity index (χ3n) is 4.61. The fourth-order valence-corrected chi connectivity index (χ4v) is 4.49. The minimum absolute atomic E-state index is 0.107. The lowest BCUT2D eigenvalue weighted by Gasteiger charge is -2.11. The molecule has 1 saturated heterocycles. The summed E-state index contributed by atoms with van der Waals surface area (Å²) in [7, 11) is -1.92. The Morgan fingerprint density at radius 3 is 2.67 bits per heavy atom. The molecule has 1 aliphatic rings. The number of rotatable bonds is 8. The van der Waals surface area contributed by atoms with Crippen LogP contribution in [-0.2, 0) is 14.8 Å². The molecule has 0 saturated carbocycles. The van der Waals surface area contributed by atoms with Gasteiger partial charge in [0, 0.05) is 36.6 Å². The summed E-state index contributed by atoms with van der Waals surface area (Å²) in [6.07, 6.45) is 2.43. The molecule has 30 heavy (non-hydrogen) atoms. The molecule has 1 N–H and O–H groups in total. The van der Waals surface area contributed by atoms with Gasteiger partial charge in [-0.1, -0.05) is 22.0 Å². The number of halogens is 1. The lowest BCUT2D eigenvalue weighted by Crippen LogP contribution is -2.20. The number of hydrogen-bond donors (Lipinski definition) is 1. The Morgan fingerprint density at radius 2 is 2.00 bits per heavy atom. The molecule has 1 fully saturated rings. The molecule has 0 aromatic heterocycles. The summed E-state index contributed by atoms with van der Waals surface area (Å²) in [5.74, 6) is 1.17. The van der Waals surface area contributed by atoms with Gasteiger partial charge in [0.05, 0.1) is 11.5 Å². The lowest BCUT2D eigenvalue weighted by molar-refractivity contribution is -0.116. The molecule has 2 aromatic rings. The van der Waals surface area contributed by atoms with Crippen molar-refractivity contribution in [2.75, 3.05) is 25.5 Å². The van der Waals surface area contributed by atoms with Crippen LogP contribution in [0.3, 0.4) is 0 Å². The van der Waals surface area contributed by atoms with Crippen LogP contribution in [0.2, 0.25) is 0 Å². The zero-order chi connectivity index (χ0) is 21.6. The molecule has 9 heteroatoms. The van der Waals surface area contributed by atoms with E-state index in [4.69, 9.17) is 4.74 Å². The molecule has 1 amide bonds. The van der Waals surface area contributed by atoms with Gasteiger partial charge in [0.2, 0.25) is 5.91 Å². The molecule has 0 unspecified atom stereocenters. The monoisotopic (exact) mass is 493 g/mol. The van der Waals surface area contributed by atoms with Crippen molar-refractivity contribution in [1.82, 2.24) is 4.90 Å². The third-order valence-corrected chi connectivity index (χ3v) is 6.42. The Morgan fingerprint density at radius 1 is 1.23 bits per heavy atom. The Hall–Kier alpha value is -2.39. The van der Waals surface area contributed by atoms with Crippen molar-refractivity contribution >= 4 is 43.4 Å². The normalized spacial score (nSPS) is 15.4. The molecule has 0 spiro atoms. The van der Waals surface area contributed by atoms with E-state index in [2.05, 4.69) is 25.6 Å². The van der Waals surface area contributed by atoms with Crippen molar-refractivity contribution in [3.05, 3.63) is 53.0 Å². The second-order valence-electron chi connectivity index (χ2n) is 6.99. The van der Waals surface area contributed by atoms with Crippen molar-refractivity contribution in [3.63, 3.8) is 0 Å². The Kier molecular flexibility index (Phi) is 7.49. The van der Waals surface area contributed by atoms with Gasteiger partial charge in [-0.15, -0.1) is 4.40 Å². The van der Waals surface area contributed by atoms with Crippen LogP contribution >= 0.6 is 15.9 Å². The molecule has 0 atom stereocenters. The quantitative estimate of drug-likeness (QED) is 0.560. The van der Waals surface area contributed by atoms with Crippen LogP contribution in [0.5, 0.6) is 5.75 Å². The van der Waals surface area contributed by atoms with Gasteiger partial charge >= 0.3 is 0 Å². The number of likely N-dealkylation sites (tertiary alicyclic amines) is 1. The van der Waals surface area contributed by atoms with E-state index in [-0.39, 0.29) is 10.8 Å². The number of hydrogen-bond acceptors (Lipinski definition) is 4.